The topological polar surface area (TPSA) is 38.9 Å². The molecule has 0 saturated heterocycles. The molecule has 0 radical (unpaired) electrons. The lowest BCUT2D eigenvalue weighted by atomic mass is 9.86. The summed E-state index contributed by atoms with van der Waals surface area (Å²) in [6.07, 6.45) is 1.76. The smallest absolute Gasteiger partial charge is 0.0897 e. The number of aryl methyl sites for hydroxylation is 1. The fraction of sp³-hybridized carbons (Fsp3) is 0.471. The molecule has 0 saturated carbocycles. The summed E-state index contributed by atoms with van der Waals surface area (Å²) in [5, 5.41) is 3.22. The molecule has 0 aliphatic carbocycles. The molecule has 1 heterocycles. The summed E-state index contributed by atoms with van der Waals surface area (Å²) >= 11 is 1.69. The van der Waals surface area contributed by atoms with Crippen molar-refractivity contribution in [2.75, 3.05) is 0 Å². The van der Waals surface area contributed by atoms with Gasteiger partial charge >= 0.3 is 0 Å². The fourth-order valence-corrected chi connectivity index (χ4v) is 2.91. The van der Waals surface area contributed by atoms with E-state index in [4.69, 9.17) is 5.73 Å². The Morgan fingerprint density at radius 2 is 1.80 bits per heavy atom. The van der Waals surface area contributed by atoms with Crippen LogP contribution >= 0.6 is 11.3 Å². The molecule has 0 aliphatic heterocycles. The molecule has 0 bridgehead atoms. The van der Waals surface area contributed by atoms with Crippen LogP contribution < -0.4 is 5.73 Å². The van der Waals surface area contributed by atoms with Crippen molar-refractivity contribution in [3.63, 3.8) is 0 Å². The third-order valence-corrected chi connectivity index (χ3v) is 4.28. The van der Waals surface area contributed by atoms with E-state index in [9.17, 15) is 0 Å². The average molecular weight is 288 g/mol. The lowest BCUT2D eigenvalue weighted by Crippen LogP contribution is -2.25. The summed E-state index contributed by atoms with van der Waals surface area (Å²) in [6.45, 7) is 8.74. The molecule has 2 rings (SSSR count). The van der Waals surface area contributed by atoms with Gasteiger partial charge in [-0.2, -0.15) is 0 Å². The highest BCUT2D eigenvalue weighted by molar-refractivity contribution is 7.09. The number of nitrogens with two attached hydrogens (primary N) is 1. The van der Waals surface area contributed by atoms with Gasteiger partial charge in [-0.05, 0) is 29.9 Å². The van der Waals surface area contributed by atoms with Crippen LogP contribution in [0, 0.1) is 6.92 Å². The van der Waals surface area contributed by atoms with Crippen LogP contribution in [0.15, 0.2) is 29.6 Å². The highest BCUT2D eigenvalue weighted by Crippen LogP contribution is 2.22. The molecule has 3 heteroatoms. The van der Waals surface area contributed by atoms with E-state index >= 15 is 0 Å². The highest BCUT2D eigenvalue weighted by atomic mass is 32.1. The Hall–Kier alpha value is -1.19. The predicted octanol–water partition coefficient (Wildman–Crippen LogP) is 3.86. The van der Waals surface area contributed by atoms with E-state index in [1.165, 1.54) is 11.1 Å². The molecule has 1 unspecified atom stereocenters. The van der Waals surface area contributed by atoms with Crippen molar-refractivity contribution in [2.24, 2.45) is 5.73 Å². The van der Waals surface area contributed by atoms with Crippen LogP contribution in [0.4, 0.5) is 0 Å². The van der Waals surface area contributed by atoms with Crippen molar-refractivity contribution in [3.8, 4) is 0 Å². The number of thiazole rings is 1. The van der Waals surface area contributed by atoms with E-state index < -0.39 is 0 Å². The van der Waals surface area contributed by atoms with Gasteiger partial charge in [0.05, 0.1) is 10.7 Å². The molecule has 1 aromatic heterocycles. The van der Waals surface area contributed by atoms with Gasteiger partial charge in [0.2, 0.25) is 0 Å². The van der Waals surface area contributed by atoms with Gasteiger partial charge in [-0.15, -0.1) is 11.3 Å². The molecule has 2 nitrogen and oxygen atoms in total. The Morgan fingerprint density at radius 1 is 1.15 bits per heavy atom. The Morgan fingerprint density at radius 3 is 2.30 bits per heavy atom. The summed E-state index contributed by atoms with van der Waals surface area (Å²) in [7, 11) is 0. The van der Waals surface area contributed by atoms with Crippen LogP contribution in [0.2, 0.25) is 0 Å². The summed E-state index contributed by atoms with van der Waals surface area (Å²) < 4.78 is 0. The summed E-state index contributed by atoms with van der Waals surface area (Å²) in [5.41, 5.74) is 10.2. The minimum Gasteiger partial charge on any atom is -0.327 e. The third-order valence-electron chi connectivity index (χ3n) is 3.46. The molecule has 1 aromatic carbocycles. The van der Waals surface area contributed by atoms with Gasteiger partial charge in [0.25, 0.3) is 0 Å². The Labute approximate surface area is 126 Å². The average Bonchev–Trinajstić information content (AvgIpc) is 2.74. The largest absolute Gasteiger partial charge is 0.327 e. The van der Waals surface area contributed by atoms with Gasteiger partial charge in [0, 0.05) is 17.8 Å². The molecule has 20 heavy (non-hydrogen) atoms. The molecule has 0 spiro atoms. The normalized spacial score (nSPS) is 13.4. The summed E-state index contributed by atoms with van der Waals surface area (Å²) in [5.74, 6) is 0. The number of rotatable bonds is 4. The van der Waals surface area contributed by atoms with E-state index in [2.05, 4.69) is 55.4 Å². The van der Waals surface area contributed by atoms with Crippen LogP contribution in [0.5, 0.6) is 0 Å². The van der Waals surface area contributed by atoms with Crippen molar-refractivity contribution in [1.29, 1.82) is 0 Å². The molecule has 0 amide bonds. The number of nitrogens with zero attached hydrogens (tertiary/aromatic N) is 1. The maximum atomic E-state index is 6.24. The van der Waals surface area contributed by atoms with Crippen molar-refractivity contribution in [3.05, 3.63) is 51.5 Å². The van der Waals surface area contributed by atoms with Crippen molar-refractivity contribution < 1.29 is 0 Å². The Balaban J connectivity index is 1.96. The standard InChI is InChI=1S/C17H24N2S/c1-12-19-16(11-20-12)10-15(18)9-13-5-7-14(8-6-13)17(2,3)4/h5-8,11,15H,9-10,18H2,1-4H3. The first-order valence-corrected chi connectivity index (χ1v) is 7.98. The predicted molar refractivity (Wildman–Crippen MR) is 87.4 cm³/mol. The van der Waals surface area contributed by atoms with Gasteiger partial charge in [-0.1, -0.05) is 45.0 Å². The summed E-state index contributed by atoms with van der Waals surface area (Å²) in [6, 6.07) is 8.97. The van der Waals surface area contributed by atoms with Crippen LogP contribution in [-0.2, 0) is 18.3 Å². The Bertz CT molecular complexity index is 549. The Kier molecular flexibility index (Phi) is 4.61. The summed E-state index contributed by atoms with van der Waals surface area (Å²) in [4.78, 5) is 4.48. The first-order chi connectivity index (χ1) is 9.34. The number of aromatic nitrogens is 1. The second kappa shape index (κ2) is 6.06. The van der Waals surface area contributed by atoms with Crippen LogP contribution in [0.3, 0.4) is 0 Å². The van der Waals surface area contributed by atoms with Crippen molar-refractivity contribution in [1.82, 2.24) is 4.98 Å². The quantitative estimate of drug-likeness (QED) is 0.927. The molecule has 2 N–H and O–H groups in total. The molecular formula is C17H24N2S. The van der Waals surface area contributed by atoms with Gasteiger partial charge < -0.3 is 5.73 Å². The van der Waals surface area contributed by atoms with E-state index in [1.54, 1.807) is 11.3 Å². The van der Waals surface area contributed by atoms with Crippen LogP contribution in [0.1, 0.15) is 42.6 Å². The third kappa shape index (κ3) is 4.15. The monoisotopic (exact) mass is 288 g/mol. The van der Waals surface area contributed by atoms with E-state index in [1.807, 2.05) is 6.92 Å². The second-order valence-corrected chi connectivity index (χ2v) is 7.54. The van der Waals surface area contributed by atoms with E-state index in [0.717, 1.165) is 23.5 Å². The zero-order chi connectivity index (χ0) is 14.8. The van der Waals surface area contributed by atoms with E-state index in [-0.39, 0.29) is 11.5 Å². The van der Waals surface area contributed by atoms with Gasteiger partial charge in [0.1, 0.15) is 0 Å². The van der Waals surface area contributed by atoms with Crippen molar-refractivity contribution >= 4 is 11.3 Å². The van der Waals surface area contributed by atoms with Gasteiger partial charge in [-0.3, -0.25) is 0 Å². The lowest BCUT2D eigenvalue weighted by Gasteiger charge is -2.19. The molecule has 0 aliphatic rings. The van der Waals surface area contributed by atoms with Crippen LogP contribution in [-0.4, -0.2) is 11.0 Å². The van der Waals surface area contributed by atoms with Crippen LogP contribution in [0.25, 0.3) is 0 Å². The minimum absolute atomic E-state index is 0.136. The number of hydrogen-bond donors (Lipinski definition) is 1. The van der Waals surface area contributed by atoms with Gasteiger partial charge in [0.15, 0.2) is 0 Å². The lowest BCUT2D eigenvalue weighted by molar-refractivity contribution is 0.589. The zero-order valence-corrected chi connectivity index (χ0v) is 13.6. The SMILES string of the molecule is Cc1nc(CC(N)Cc2ccc(C(C)(C)C)cc2)cs1. The second-order valence-electron chi connectivity index (χ2n) is 6.47. The first-order valence-electron chi connectivity index (χ1n) is 7.10. The van der Waals surface area contributed by atoms with Crippen molar-refractivity contribution in [2.45, 2.75) is 52.0 Å². The minimum atomic E-state index is 0.136. The molecule has 0 fully saturated rings. The number of hydrogen-bond acceptors (Lipinski definition) is 3. The molecule has 1 atom stereocenters. The zero-order valence-electron chi connectivity index (χ0n) is 12.8. The highest BCUT2D eigenvalue weighted by Gasteiger charge is 2.13. The number of benzene rings is 1. The van der Waals surface area contributed by atoms with E-state index in [0.29, 0.717) is 0 Å². The molecule has 108 valence electrons. The maximum absolute atomic E-state index is 6.24. The maximum Gasteiger partial charge on any atom is 0.0897 e. The molecular weight excluding hydrogens is 264 g/mol. The first kappa shape index (κ1) is 15.2. The van der Waals surface area contributed by atoms with Gasteiger partial charge in [-0.25, -0.2) is 4.98 Å². The fourth-order valence-electron chi connectivity index (χ4n) is 2.29. The molecule has 2 aromatic rings.